The van der Waals surface area contributed by atoms with Crippen LogP contribution in [0, 0.1) is 0 Å². The van der Waals surface area contributed by atoms with Gasteiger partial charge >= 0.3 is 0 Å². The molecule has 1 saturated heterocycles. The molecule has 1 aliphatic rings. The molecule has 0 aromatic carbocycles. The van der Waals surface area contributed by atoms with E-state index in [-0.39, 0.29) is 0 Å². The molecule has 2 rings (SSSR count). The molecule has 0 aliphatic carbocycles. The lowest BCUT2D eigenvalue weighted by atomic mass is 10.2. The highest BCUT2D eigenvalue weighted by Gasteiger charge is 2.16. The average molecular weight is 149 g/mol. The van der Waals surface area contributed by atoms with Crippen molar-refractivity contribution in [3.05, 3.63) is 24.3 Å². The van der Waals surface area contributed by atoms with Crippen LogP contribution in [0.3, 0.4) is 0 Å². The van der Waals surface area contributed by atoms with Gasteiger partial charge in [-0.25, -0.2) is 0 Å². The van der Waals surface area contributed by atoms with Gasteiger partial charge in [-0.05, 0) is 19.4 Å². The Bertz CT molecular complexity index is 216. The minimum Gasteiger partial charge on any atom is -0.309 e. The van der Waals surface area contributed by atoms with Gasteiger partial charge in [0.2, 0.25) is 0 Å². The summed E-state index contributed by atoms with van der Waals surface area (Å²) in [6.45, 7) is 1.11. The van der Waals surface area contributed by atoms with E-state index in [9.17, 15) is 0 Å². The zero-order valence-electron chi connectivity index (χ0n) is 6.33. The van der Waals surface area contributed by atoms with Gasteiger partial charge in [0.1, 0.15) is 0 Å². The third-order valence-corrected chi connectivity index (χ3v) is 2.00. The Labute approximate surface area is 65.9 Å². The lowest BCUT2D eigenvalue weighted by Crippen LogP contribution is -2.14. The second-order valence-corrected chi connectivity index (χ2v) is 2.78. The molecule has 0 saturated carbocycles. The zero-order valence-corrected chi connectivity index (χ0v) is 6.33. The molecular formula is C8H11N3. The van der Waals surface area contributed by atoms with Gasteiger partial charge in [0.15, 0.2) is 0 Å². The van der Waals surface area contributed by atoms with Crippen LogP contribution in [0.4, 0.5) is 0 Å². The summed E-state index contributed by atoms with van der Waals surface area (Å²) >= 11 is 0. The van der Waals surface area contributed by atoms with Crippen LogP contribution in [-0.4, -0.2) is 16.5 Å². The van der Waals surface area contributed by atoms with Crippen LogP contribution in [-0.2, 0) is 0 Å². The van der Waals surface area contributed by atoms with Crippen LogP contribution in [0.2, 0.25) is 0 Å². The maximum atomic E-state index is 4.24. The summed E-state index contributed by atoms with van der Waals surface area (Å²) < 4.78 is 0. The molecule has 0 bridgehead atoms. The molecule has 1 N–H and O–H groups in total. The van der Waals surface area contributed by atoms with Gasteiger partial charge < -0.3 is 5.32 Å². The Kier molecular flexibility index (Phi) is 1.81. The molecule has 3 heteroatoms. The molecular weight excluding hydrogens is 138 g/mol. The summed E-state index contributed by atoms with van der Waals surface area (Å²) in [6.07, 6.45) is 7.73. The number of nitrogens with one attached hydrogen (secondary N) is 1. The standard InChI is InChI=1S/C8H11N3/c1-2-7(10-3-1)8-6-9-4-5-11-8/h4-7,10H,1-3H2. The highest BCUT2D eigenvalue weighted by molar-refractivity contribution is 5.03. The van der Waals surface area contributed by atoms with Gasteiger partial charge in [0.05, 0.1) is 11.7 Å². The van der Waals surface area contributed by atoms with E-state index in [2.05, 4.69) is 15.3 Å². The van der Waals surface area contributed by atoms with Crippen molar-refractivity contribution < 1.29 is 0 Å². The first-order chi connectivity index (χ1) is 5.47. The van der Waals surface area contributed by atoms with Gasteiger partial charge in [0.25, 0.3) is 0 Å². The molecule has 0 spiro atoms. The predicted molar refractivity (Wildman–Crippen MR) is 42.0 cm³/mol. The molecule has 3 nitrogen and oxygen atoms in total. The van der Waals surface area contributed by atoms with Gasteiger partial charge in [0, 0.05) is 18.6 Å². The fraction of sp³-hybridized carbons (Fsp3) is 0.500. The van der Waals surface area contributed by atoms with Crippen molar-refractivity contribution in [2.45, 2.75) is 18.9 Å². The van der Waals surface area contributed by atoms with Crippen molar-refractivity contribution in [2.24, 2.45) is 0 Å². The highest BCUT2D eigenvalue weighted by atomic mass is 15.0. The van der Waals surface area contributed by atoms with E-state index >= 15 is 0 Å². The zero-order chi connectivity index (χ0) is 7.52. The summed E-state index contributed by atoms with van der Waals surface area (Å²) in [4.78, 5) is 8.26. The fourth-order valence-electron chi connectivity index (χ4n) is 1.43. The highest BCUT2D eigenvalue weighted by Crippen LogP contribution is 2.19. The molecule has 1 atom stereocenters. The summed E-state index contributed by atoms with van der Waals surface area (Å²) in [6, 6.07) is 0.448. The molecule has 2 heterocycles. The van der Waals surface area contributed by atoms with E-state index in [1.165, 1.54) is 12.8 Å². The molecule has 11 heavy (non-hydrogen) atoms. The number of hydrogen-bond donors (Lipinski definition) is 1. The van der Waals surface area contributed by atoms with Gasteiger partial charge in [-0.1, -0.05) is 0 Å². The molecule has 1 unspecified atom stereocenters. The SMILES string of the molecule is c1cnc(C2CCCN2)cn1. The number of aromatic nitrogens is 2. The maximum absolute atomic E-state index is 4.24. The van der Waals surface area contributed by atoms with E-state index in [1.807, 2.05) is 6.20 Å². The Hall–Kier alpha value is -0.960. The average Bonchev–Trinajstić information content (AvgIpc) is 2.58. The molecule has 0 radical (unpaired) electrons. The third-order valence-electron chi connectivity index (χ3n) is 2.00. The molecule has 1 aromatic heterocycles. The van der Waals surface area contributed by atoms with Crippen LogP contribution in [0.1, 0.15) is 24.6 Å². The smallest absolute Gasteiger partial charge is 0.0756 e. The van der Waals surface area contributed by atoms with Gasteiger partial charge in [-0.15, -0.1) is 0 Å². The minimum atomic E-state index is 0.448. The van der Waals surface area contributed by atoms with Crippen molar-refractivity contribution in [1.82, 2.24) is 15.3 Å². The van der Waals surface area contributed by atoms with Crippen molar-refractivity contribution in [1.29, 1.82) is 0 Å². The lowest BCUT2D eigenvalue weighted by Gasteiger charge is -2.06. The number of rotatable bonds is 1. The van der Waals surface area contributed by atoms with Crippen LogP contribution in [0.15, 0.2) is 18.6 Å². The Morgan fingerprint density at radius 3 is 3.09 bits per heavy atom. The Balaban J connectivity index is 2.16. The largest absolute Gasteiger partial charge is 0.309 e. The third kappa shape index (κ3) is 1.38. The maximum Gasteiger partial charge on any atom is 0.0756 e. The Morgan fingerprint density at radius 1 is 1.45 bits per heavy atom. The second kappa shape index (κ2) is 2.96. The first kappa shape index (κ1) is 6.73. The normalized spacial score (nSPS) is 23.8. The van der Waals surface area contributed by atoms with Crippen molar-refractivity contribution in [3.8, 4) is 0 Å². The quantitative estimate of drug-likeness (QED) is 0.644. The van der Waals surface area contributed by atoms with E-state index < -0.39 is 0 Å². The van der Waals surface area contributed by atoms with Crippen LogP contribution in [0.25, 0.3) is 0 Å². The van der Waals surface area contributed by atoms with Gasteiger partial charge in [-0.3, -0.25) is 9.97 Å². The summed E-state index contributed by atoms with van der Waals surface area (Å²) in [7, 11) is 0. The number of nitrogens with zero attached hydrogens (tertiary/aromatic N) is 2. The topological polar surface area (TPSA) is 37.8 Å². The molecule has 1 fully saturated rings. The summed E-state index contributed by atoms with van der Waals surface area (Å²) in [5.74, 6) is 0. The van der Waals surface area contributed by atoms with Crippen LogP contribution < -0.4 is 5.32 Å². The Morgan fingerprint density at radius 2 is 2.45 bits per heavy atom. The van der Waals surface area contributed by atoms with E-state index in [1.54, 1.807) is 12.4 Å². The molecule has 0 amide bonds. The summed E-state index contributed by atoms with van der Waals surface area (Å²) in [5, 5.41) is 3.37. The molecule has 1 aliphatic heterocycles. The van der Waals surface area contributed by atoms with Crippen molar-refractivity contribution in [2.75, 3.05) is 6.54 Å². The lowest BCUT2D eigenvalue weighted by molar-refractivity contribution is 0.624. The fourth-order valence-corrected chi connectivity index (χ4v) is 1.43. The van der Waals surface area contributed by atoms with E-state index in [0.717, 1.165) is 12.2 Å². The second-order valence-electron chi connectivity index (χ2n) is 2.78. The molecule has 58 valence electrons. The number of hydrogen-bond acceptors (Lipinski definition) is 3. The monoisotopic (exact) mass is 149 g/mol. The first-order valence-corrected chi connectivity index (χ1v) is 3.96. The summed E-state index contributed by atoms with van der Waals surface area (Å²) in [5.41, 5.74) is 1.07. The first-order valence-electron chi connectivity index (χ1n) is 3.96. The predicted octanol–water partition coefficient (Wildman–Crippen LogP) is 0.901. The van der Waals surface area contributed by atoms with Gasteiger partial charge in [-0.2, -0.15) is 0 Å². The van der Waals surface area contributed by atoms with Crippen LogP contribution in [0.5, 0.6) is 0 Å². The minimum absolute atomic E-state index is 0.448. The molecule has 1 aromatic rings. The van der Waals surface area contributed by atoms with Crippen LogP contribution >= 0.6 is 0 Å². The van der Waals surface area contributed by atoms with Crippen molar-refractivity contribution in [3.63, 3.8) is 0 Å². The van der Waals surface area contributed by atoms with Crippen molar-refractivity contribution >= 4 is 0 Å². The van der Waals surface area contributed by atoms with E-state index in [4.69, 9.17) is 0 Å². The van der Waals surface area contributed by atoms with E-state index in [0.29, 0.717) is 6.04 Å².